The molecular formula is C10H15N3O2. The predicted octanol–water partition coefficient (Wildman–Crippen LogP) is 1.03. The van der Waals surface area contributed by atoms with Crippen LogP contribution in [0.2, 0.25) is 0 Å². The van der Waals surface area contributed by atoms with Crippen molar-refractivity contribution in [2.24, 2.45) is 0 Å². The van der Waals surface area contributed by atoms with Gasteiger partial charge in [0.2, 0.25) is 0 Å². The number of hydrogen-bond acceptors (Lipinski definition) is 4. The first-order chi connectivity index (χ1) is 7.09. The highest BCUT2D eigenvalue weighted by Crippen LogP contribution is 2.12. The molecule has 3 N–H and O–H groups in total. The van der Waals surface area contributed by atoms with Gasteiger partial charge in [0.15, 0.2) is 5.82 Å². The molecule has 0 aromatic carbocycles. The van der Waals surface area contributed by atoms with E-state index in [1.807, 2.05) is 13.8 Å². The Morgan fingerprint density at radius 1 is 1.67 bits per heavy atom. The van der Waals surface area contributed by atoms with Crippen LogP contribution in [-0.4, -0.2) is 23.6 Å². The van der Waals surface area contributed by atoms with Gasteiger partial charge in [0.25, 0.3) is 5.91 Å². The van der Waals surface area contributed by atoms with Crippen LogP contribution >= 0.6 is 0 Å². The van der Waals surface area contributed by atoms with Gasteiger partial charge in [0.05, 0.1) is 11.8 Å². The topological polar surface area (TPSA) is 77.2 Å². The number of nitrogens with two attached hydrogens (primary N) is 1. The van der Waals surface area contributed by atoms with Gasteiger partial charge in [0.1, 0.15) is 6.61 Å². The highest BCUT2D eigenvalue weighted by molar-refractivity contribution is 5.93. The fourth-order valence-electron chi connectivity index (χ4n) is 0.933. The number of carbonyl (C=O) groups is 1. The van der Waals surface area contributed by atoms with E-state index in [0.29, 0.717) is 11.5 Å². The molecule has 1 rings (SSSR count). The largest absolute Gasteiger partial charge is 0.396 e. The van der Waals surface area contributed by atoms with Crippen molar-refractivity contribution in [3.8, 4) is 0 Å². The minimum atomic E-state index is -0.255. The fourth-order valence-corrected chi connectivity index (χ4v) is 0.933. The van der Waals surface area contributed by atoms with Crippen LogP contribution in [0.1, 0.15) is 13.8 Å². The van der Waals surface area contributed by atoms with Crippen molar-refractivity contribution >= 4 is 17.4 Å². The van der Waals surface area contributed by atoms with Gasteiger partial charge in [-0.2, -0.15) is 0 Å². The summed E-state index contributed by atoms with van der Waals surface area (Å²) in [5.74, 6) is 0.115. The smallest absolute Gasteiger partial charge is 0.251 e. The van der Waals surface area contributed by atoms with Gasteiger partial charge in [-0.25, -0.2) is 4.98 Å². The van der Waals surface area contributed by atoms with Crippen molar-refractivity contribution < 1.29 is 9.53 Å². The molecule has 1 aromatic heterocycles. The number of ether oxygens (including phenoxy) is 1. The molecule has 0 spiro atoms. The third-order valence-corrected chi connectivity index (χ3v) is 1.64. The van der Waals surface area contributed by atoms with E-state index in [1.54, 1.807) is 18.3 Å². The Hall–Kier alpha value is -1.62. The lowest BCUT2D eigenvalue weighted by atomic mass is 10.4. The lowest BCUT2D eigenvalue weighted by Gasteiger charge is -2.08. The highest BCUT2D eigenvalue weighted by Gasteiger charge is 2.06. The van der Waals surface area contributed by atoms with Crippen LogP contribution in [-0.2, 0) is 9.53 Å². The molecule has 0 aliphatic heterocycles. The van der Waals surface area contributed by atoms with Gasteiger partial charge in [0, 0.05) is 6.20 Å². The molecule has 5 heteroatoms. The van der Waals surface area contributed by atoms with E-state index in [-0.39, 0.29) is 18.6 Å². The second-order valence-corrected chi connectivity index (χ2v) is 3.35. The molecule has 1 aromatic rings. The normalized spacial score (nSPS) is 10.3. The number of aromatic nitrogens is 1. The van der Waals surface area contributed by atoms with Gasteiger partial charge in [-0.15, -0.1) is 0 Å². The average molecular weight is 209 g/mol. The van der Waals surface area contributed by atoms with Gasteiger partial charge >= 0.3 is 0 Å². The molecule has 1 heterocycles. The standard InChI is InChI=1S/C10H15N3O2/c1-7(2)15-6-9(14)13-10-8(11)4-3-5-12-10/h3-5,7H,6,11H2,1-2H3,(H,12,13,14). The highest BCUT2D eigenvalue weighted by atomic mass is 16.5. The molecule has 5 nitrogen and oxygen atoms in total. The third kappa shape index (κ3) is 3.95. The first-order valence-corrected chi connectivity index (χ1v) is 4.71. The summed E-state index contributed by atoms with van der Waals surface area (Å²) in [6, 6.07) is 3.38. The second-order valence-electron chi connectivity index (χ2n) is 3.35. The van der Waals surface area contributed by atoms with E-state index < -0.39 is 0 Å². The Morgan fingerprint density at radius 3 is 3.00 bits per heavy atom. The van der Waals surface area contributed by atoms with E-state index in [0.717, 1.165) is 0 Å². The van der Waals surface area contributed by atoms with Gasteiger partial charge in [-0.3, -0.25) is 4.79 Å². The first-order valence-electron chi connectivity index (χ1n) is 4.71. The average Bonchev–Trinajstić information content (AvgIpc) is 2.18. The summed E-state index contributed by atoms with van der Waals surface area (Å²) in [4.78, 5) is 15.3. The molecule has 0 fully saturated rings. The lowest BCUT2D eigenvalue weighted by Crippen LogP contribution is -2.21. The monoisotopic (exact) mass is 209 g/mol. The molecule has 0 saturated carbocycles. The van der Waals surface area contributed by atoms with Gasteiger partial charge in [-0.1, -0.05) is 0 Å². The maximum atomic E-state index is 11.3. The molecule has 82 valence electrons. The Kier molecular flexibility index (Phi) is 4.05. The molecule has 15 heavy (non-hydrogen) atoms. The molecule has 0 unspecified atom stereocenters. The third-order valence-electron chi connectivity index (χ3n) is 1.64. The summed E-state index contributed by atoms with van der Waals surface area (Å²) in [7, 11) is 0. The molecular weight excluding hydrogens is 194 g/mol. The number of nitrogens with one attached hydrogen (secondary N) is 1. The number of hydrogen-bond donors (Lipinski definition) is 2. The van der Waals surface area contributed by atoms with E-state index >= 15 is 0 Å². The Labute approximate surface area is 88.6 Å². The molecule has 0 atom stereocenters. The van der Waals surface area contributed by atoms with Crippen LogP contribution in [0.15, 0.2) is 18.3 Å². The summed E-state index contributed by atoms with van der Waals surface area (Å²) < 4.78 is 5.14. The van der Waals surface area contributed by atoms with E-state index in [1.165, 1.54) is 0 Å². The second kappa shape index (κ2) is 5.31. The molecule has 1 amide bonds. The van der Waals surface area contributed by atoms with Crippen LogP contribution < -0.4 is 11.1 Å². The zero-order valence-electron chi connectivity index (χ0n) is 8.86. The van der Waals surface area contributed by atoms with E-state index in [4.69, 9.17) is 10.5 Å². The van der Waals surface area contributed by atoms with Crippen LogP contribution in [0, 0.1) is 0 Å². The van der Waals surface area contributed by atoms with Crippen molar-refractivity contribution in [1.82, 2.24) is 4.98 Å². The van der Waals surface area contributed by atoms with Crippen molar-refractivity contribution in [3.05, 3.63) is 18.3 Å². The molecule has 0 aliphatic rings. The number of anilines is 2. The number of nitrogen functional groups attached to an aromatic ring is 1. The summed E-state index contributed by atoms with van der Waals surface area (Å²) in [5, 5.41) is 2.57. The molecule has 0 bridgehead atoms. The number of rotatable bonds is 4. The number of amides is 1. The van der Waals surface area contributed by atoms with E-state index in [2.05, 4.69) is 10.3 Å². The van der Waals surface area contributed by atoms with Gasteiger partial charge in [-0.05, 0) is 26.0 Å². The van der Waals surface area contributed by atoms with Crippen LogP contribution in [0.4, 0.5) is 11.5 Å². The number of pyridine rings is 1. The summed E-state index contributed by atoms with van der Waals surface area (Å²) in [6.07, 6.45) is 1.59. The van der Waals surface area contributed by atoms with Gasteiger partial charge < -0.3 is 15.8 Å². The lowest BCUT2D eigenvalue weighted by molar-refractivity contribution is -0.121. The quantitative estimate of drug-likeness (QED) is 0.776. The molecule has 0 radical (unpaired) electrons. The predicted molar refractivity (Wildman–Crippen MR) is 58.4 cm³/mol. The van der Waals surface area contributed by atoms with Crippen molar-refractivity contribution in [3.63, 3.8) is 0 Å². The fraction of sp³-hybridized carbons (Fsp3) is 0.400. The number of nitrogens with zero attached hydrogens (tertiary/aromatic N) is 1. The van der Waals surface area contributed by atoms with Crippen LogP contribution in [0.3, 0.4) is 0 Å². The molecule has 0 saturated heterocycles. The molecule has 0 aliphatic carbocycles. The maximum Gasteiger partial charge on any atom is 0.251 e. The summed E-state index contributed by atoms with van der Waals surface area (Å²) in [5.41, 5.74) is 6.05. The summed E-state index contributed by atoms with van der Waals surface area (Å²) in [6.45, 7) is 3.73. The zero-order chi connectivity index (χ0) is 11.3. The number of carbonyl (C=O) groups excluding carboxylic acids is 1. The van der Waals surface area contributed by atoms with Crippen LogP contribution in [0.5, 0.6) is 0 Å². The minimum Gasteiger partial charge on any atom is -0.396 e. The Morgan fingerprint density at radius 2 is 2.40 bits per heavy atom. The van der Waals surface area contributed by atoms with Crippen molar-refractivity contribution in [2.75, 3.05) is 17.7 Å². The SMILES string of the molecule is CC(C)OCC(=O)Nc1ncccc1N. The maximum absolute atomic E-state index is 11.3. The Bertz CT molecular complexity index is 339. The van der Waals surface area contributed by atoms with Crippen LogP contribution in [0.25, 0.3) is 0 Å². The summed E-state index contributed by atoms with van der Waals surface area (Å²) >= 11 is 0. The van der Waals surface area contributed by atoms with E-state index in [9.17, 15) is 4.79 Å². The van der Waals surface area contributed by atoms with Crippen molar-refractivity contribution in [2.45, 2.75) is 20.0 Å². The minimum absolute atomic E-state index is 0.00762. The van der Waals surface area contributed by atoms with Crippen molar-refractivity contribution in [1.29, 1.82) is 0 Å². The zero-order valence-corrected chi connectivity index (χ0v) is 8.86. The Balaban J connectivity index is 2.48. The first kappa shape index (κ1) is 11.5.